The first-order chi connectivity index (χ1) is 11.6. The maximum atomic E-state index is 13.5. The largest absolute Gasteiger partial charge is 0.278 e. The molecule has 0 heterocycles. The Morgan fingerprint density at radius 3 is 2.04 bits per heavy atom. The summed E-state index contributed by atoms with van der Waals surface area (Å²) in [6.07, 6.45) is 0. The second kappa shape index (κ2) is 7.06. The minimum atomic E-state index is -4.28. The van der Waals surface area contributed by atoms with E-state index >= 15 is 0 Å². The summed E-state index contributed by atoms with van der Waals surface area (Å²) in [5, 5.41) is 0. The molecule has 0 amide bonds. The van der Waals surface area contributed by atoms with Gasteiger partial charge in [0.15, 0.2) is 0 Å². The van der Waals surface area contributed by atoms with Crippen LogP contribution in [0.25, 0.3) is 0 Å². The topological polar surface area (TPSA) is 92.3 Å². The van der Waals surface area contributed by atoms with Gasteiger partial charge in [-0.1, -0.05) is 13.0 Å². The van der Waals surface area contributed by atoms with Crippen molar-refractivity contribution in [1.29, 1.82) is 0 Å². The molecule has 136 valence electrons. The van der Waals surface area contributed by atoms with Gasteiger partial charge in [-0.3, -0.25) is 4.72 Å². The number of rotatable bonds is 6. The zero-order valence-corrected chi connectivity index (χ0v) is 15.0. The van der Waals surface area contributed by atoms with Gasteiger partial charge in [-0.15, -0.1) is 0 Å². The lowest BCUT2D eigenvalue weighted by atomic mass is 10.2. The van der Waals surface area contributed by atoms with Crippen LogP contribution in [0.2, 0.25) is 0 Å². The van der Waals surface area contributed by atoms with Crippen LogP contribution in [0.5, 0.6) is 0 Å². The molecule has 6 nitrogen and oxygen atoms in total. The highest BCUT2D eigenvalue weighted by Gasteiger charge is 2.24. The Bertz CT molecular complexity index is 1010. The third-order valence-corrected chi connectivity index (χ3v) is 6.34. The number of hydrogen-bond donors (Lipinski definition) is 2. The van der Waals surface area contributed by atoms with Crippen LogP contribution in [-0.4, -0.2) is 23.4 Å². The van der Waals surface area contributed by atoms with Gasteiger partial charge >= 0.3 is 0 Å². The Labute approximate surface area is 145 Å². The lowest BCUT2D eigenvalue weighted by molar-refractivity contribution is 0.580. The highest BCUT2D eigenvalue weighted by atomic mass is 32.2. The summed E-state index contributed by atoms with van der Waals surface area (Å²) in [5.41, 5.74) is -0.0712. The molecule has 25 heavy (non-hydrogen) atoms. The van der Waals surface area contributed by atoms with E-state index in [1.165, 1.54) is 19.9 Å². The monoisotopic (exact) mass is 390 g/mol. The SMILES string of the molecule is CCNS(=O)(=O)c1cc(F)ccc1NS(=O)(=O)c1cc(F)ccc1C. The lowest BCUT2D eigenvalue weighted by Gasteiger charge is -2.14. The normalized spacial score (nSPS) is 12.2. The van der Waals surface area contributed by atoms with Crippen molar-refractivity contribution >= 4 is 25.7 Å². The Morgan fingerprint density at radius 2 is 1.44 bits per heavy atom. The van der Waals surface area contributed by atoms with Crippen LogP contribution in [0, 0.1) is 18.6 Å². The van der Waals surface area contributed by atoms with Crippen molar-refractivity contribution in [2.75, 3.05) is 11.3 Å². The average Bonchev–Trinajstić information content (AvgIpc) is 2.51. The molecule has 0 aliphatic carbocycles. The standard InChI is InChI=1S/C15H16F2N2O4S2/c1-3-18-24(20,21)15-9-12(17)6-7-13(15)19-25(22,23)14-8-11(16)5-4-10(14)2/h4-9,18-19H,3H2,1-2H3. The van der Waals surface area contributed by atoms with Crippen molar-refractivity contribution in [2.24, 2.45) is 0 Å². The maximum absolute atomic E-state index is 13.5. The van der Waals surface area contributed by atoms with E-state index < -0.39 is 36.6 Å². The van der Waals surface area contributed by atoms with Crippen LogP contribution >= 0.6 is 0 Å². The predicted molar refractivity (Wildman–Crippen MR) is 89.2 cm³/mol. The lowest BCUT2D eigenvalue weighted by Crippen LogP contribution is -2.25. The number of anilines is 1. The van der Waals surface area contributed by atoms with Crippen molar-refractivity contribution in [2.45, 2.75) is 23.6 Å². The van der Waals surface area contributed by atoms with Crippen molar-refractivity contribution < 1.29 is 25.6 Å². The molecule has 0 saturated heterocycles. The summed E-state index contributed by atoms with van der Waals surface area (Å²) in [7, 11) is -8.41. The van der Waals surface area contributed by atoms with Gasteiger partial charge in [0.1, 0.15) is 16.5 Å². The number of benzene rings is 2. The van der Waals surface area contributed by atoms with Gasteiger partial charge < -0.3 is 0 Å². The smallest absolute Gasteiger partial charge is 0.262 e. The molecule has 2 rings (SSSR count). The van der Waals surface area contributed by atoms with Crippen LogP contribution in [0.3, 0.4) is 0 Å². The van der Waals surface area contributed by atoms with Gasteiger partial charge in [-0.2, -0.15) is 0 Å². The van der Waals surface area contributed by atoms with Crippen molar-refractivity contribution in [3.05, 3.63) is 53.6 Å². The first kappa shape index (κ1) is 19.3. The molecule has 0 aromatic heterocycles. The Morgan fingerprint density at radius 1 is 0.880 bits per heavy atom. The van der Waals surface area contributed by atoms with Crippen LogP contribution in [0.4, 0.5) is 14.5 Å². The quantitative estimate of drug-likeness (QED) is 0.792. The number of hydrogen-bond acceptors (Lipinski definition) is 4. The maximum Gasteiger partial charge on any atom is 0.262 e. The second-order valence-corrected chi connectivity index (χ2v) is 8.54. The summed E-state index contributed by atoms with van der Waals surface area (Å²) in [6.45, 7) is 3.03. The van der Waals surface area contributed by atoms with E-state index in [9.17, 15) is 25.6 Å². The molecule has 0 bridgehead atoms. The molecule has 0 aliphatic heterocycles. The van der Waals surface area contributed by atoms with E-state index in [0.717, 1.165) is 24.3 Å². The number of aryl methyl sites for hydroxylation is 1. The van der Waals surface area contributed by atoms with Gasteiger partial charge in [0.2, 0.25) is 10.0 Å². The summed E-state index contributed by atoms with van der Waals surface area (Å²) in [4.78, 5) is -0.907. The minimum absolute atomic E-state index is 0.0358. The van der Waals surface area contributed by atoms with Crippen molar-refractivity contribution in [3.8, 4) is 0 Å². The highest BCUT2D eigenvalue weighted by Crippen LogP contribution is 2.26. The van der Waals surface area contributed by atoms with Crippen LogP contribution in [-0.2, 0) is 20.0 Å². The predicted octanol–water partition coefficient (Wildman–Crippen LogP) is 2.37. The second-order valence-electron chi connectivity index (χ2n) is 5.16. The molecule has 0 fully saturated rings. The van der Waals surface area contributed by atoms with E-state index in [1.807, 2.05) is 0 Å². The van der Waals surface area contributed by atoms with E-state index in [-0.39, 0.29) is 22.7 Å². The van der Waals surface area contributed by atoms with Gasteiger partial charge in [0.05, 0.1) is 10.6 Å². The fraction of sp³-hybridized carbons (Fsp3) is 0.200. The van der Waals surface area contributed by atoms with E-state index in [1.54, 1.807) is 0 Å². The zero-order valence-electron chi connectivity index (χ0n) is 13.4. The van der Waals surface area contributed by atoms with E-state index in [0.29, 0.717) is 6.07 Å². The fourth-order valence-corrected chi connectivity index (χ4v) is 4.75. The fourth-order valence-electron chi connectivity index (χ4n) is 2.13. The summed E-state index contributed by atoms with van der Waals surface area (Å²) in [6, 6.07) is 5.82. The molecule has 2 aromatic rings. The van der Waals surface area contributed by atoms with Gasteiger partial charge in [0.25, 0.3) is 10.0 Å². The third-order valence-electron chi connectivity index (χ3n) is 3.25. The van der Waals surface area contributed by atoms with Gasteiger partial charge in [-0.25, -0.2) is 30.3 Å². The molecule has 0 aliphatic rings. The number of sulfonamides is 2. The van der Waals surface area contributed by atoms with Crippen LogP contribution in [0.15, 0.2) is 46.2 Å². The summed E-state index contributed by atoms with van der Waals surface area (Å²) >= 11 is 0. The van der Waals surface area contributed by atoms with E-state index in [2.05, 4.69) is 9.44 Å². The Balaban J connectivity index is 2.55. The molecule has 0 atom stereocenters. The summed E-state index contributed by atoms with van der Waals surface area (Å²) < 4.78 is 80.5. The van der Waals surface area contributed by atoms with E-state index in [4.69, 9.17) is 0 Å². The Kier molecular flexibility index (Phi) is 5.45. The highest BCUT2D eigenvalue weighted by molar-refractivity contribution is 7.93. The molecule has 2 N–H and O–H groups in total. The summed E-state index contributed by atoms with van der Waals surface area (Å²) in [5.74, 6) is -1.60. The molecule has 10 heteroatoms. The molecule has 0 unspecified atom stereocenters. The molecular weight excluding hydrogens is 374 g/mol. The first-order valence-corrected chi connectivity index (χ1v) is 10.1. The molecular formula is C15H16F2N2O4S2. The van der Waals surface area contributed by atoms with Gasteiger partial charge in [-0.05, 0) is 42.8 Å². The number of nitrogens with one attached hydrogen (secondary N) is 2. The zero-order chi connectivity index (χ0) is 18.8. The minimum Gasteiger partial charge on any atom is -0.278 e. The molecule has 0 spiro atoms. The van der Waals surface area contributed by atoms with Crippen LogP contribution < -0.4 is 9.44 Å². The van der Waals surface area contributed by atoms with Crippen molar-refractivity contribution in [3.63, 3.8) is 0 Å². The Hall–Kier alpha value is -2.04. The van der Waals surface area contributed by atoms with Crippen molar-refractivity contribution in [1.82, 2.24) is 4.72 Å². The van der Waals surface area contributed by atoms with Crippen LogP contribution in [0.1, 0.15) is 12.5 Å². The molecule has 0 radical (unpaired) electrons. The molecule has 2 aromatic carbocycles. The average molecular weight is 390 g/mol. The number of halogens is 2. The third kappa shape index (κ3) is 4.33. The first-order valence-electron chi connectivity index (χ1n) is 7.15. The van der Waals surface area contributed by atoms with Gasteiger partial charge in [0, 0.05) is 6.54 Å². The molecule has 0 saturated carbocycles.